The Labute approximate surface area is 377 Å². The summed E-state index contributed by atoms with van der Waals surface area (Å²) in [4.78, 5) is 66.7. The number of aryl methyl sites for hydroxylation is 2. The number of rotatable bonds is 21. The fraction of sp³-hybridized carbons (Fsp3) is 0.457. The van der Waals surface area contributed by atoms with Gasteiger partial charge in [-0.3, -0.25) is 29.6 Å². The maximum absolute atomic E-state index is 14.2. The SMILES string of the molecule is COC1(NC(=O)[C@@H](CCCNC(=O)CCCCCCNc2ccc(C3CCC(=O)NC3=O)cc2)c2ccc(-n3cc(F)cn3)nc2)CCN(c2nc(C)cc(Nc3cc(C)[nH]n3)n2)CC1. The maximum atomic E-state index is 14.2. The van der Waals surface area contributed by atoms with E-state index in [-0.39, 0.29) is 29.5 Å². The predicted octanol–water partition coefficient (Wildman–Crippen LogP) is 5.60. The number of anilines is 4. The molecule has 2 saturated heterocycles. The summed E-state index contributed by atoms with van der Waals surface area (Å²) >= 11 is 0. The number of aromatic nitrogens is 7. The zero-order valence-electron chi connectivity index (χ0n) is 37.2. The van der Waals surface area contributed by atoms with Crippen LogP contribution in [0.15, 0.2) is 67.1 Å². The summed E-state index contributed by atoms with van der Waals surface area (Å²) in [5.74, 6) is 0.173. The third-order valence-electron chi connectivity index (χ3n) is 11.9. The Kier molecular flexibility index (Phi) is 15.5. The van der Waals surface area contributed by atoms with Crippen LogP contribution in [0, 0.1) is 19.7 Å². The van der Waals surface area contributed by atoms with Gasteiger partial charge in [0.25, 0.3) is 0 Å². The lowest BCUT2D eigenvalue weighted by atomic mass is 9.90. The third-order valence-corrected chi connectivity index (χ3v) is 11.9. The van der Waals surface area contributed by atoms with E-state index in [0.717, 1.165) is 61.1 Å². The molecule has 1 aromatic carbocycles. The van der Waals surface area contributed by atoms with Crippen molar-refractivity contribution >= 4 is 46.9 Å². The molecule has 0 radical (unpaired) electrons. The summed E-state index contributed by atoms with van der Waals surface area (Å²) in [6.07, 6.45) is 10.8. The summed E-state index contributed by atoms with van der Waals surface area (Å²) in [5.41, 5.74) is 3.34. The van der Waals surface area contributed by atoms with Crippen molar-refractivity contribution in [3.05, 3.63) is 95.5 Å². The minimum absolute atomic E-state index is 0.0282. The number of unbranched alkanes of at least 4 members (excludes halogenated alkanes) is 3. The van der Waals surface area contributed by atoms with Crippen molar-refractivity contribution in [3.63, 3.8) is 0 Å². The summed E-state index contributed by atoms with van der Waals surface area (Å²) in [5, 5.41) is 26.5. The van der Waals surface area contributed by atoms with E-state index in [4.69, 9.17) is 9.72 Å². The third kappa shape index (κ3) is 12.7. The molecule has 4 amide bonds. The summed E-state index contributed by atoms with van der Waals surface area (Å²) in [7, 11) is 1.60. The number of methoxy groups -OCH3 is 1. The van der Waals surface area contributed by atoms with Crippen molar-refractivity contribution in [1.29, 1.82) is 0 Å². The van der Waals surface area contributed by atoms with E-state index in [1.54, 1.807) is 25.4 Å². The second-order valence-corrected chi connectivity index (χ2v) is 16.7. The molecule has 6 heterocycles. The molecule has 0 spiro atoms. The van der Waals surface area contributed by atoms with Crippen LogP contribution in [0.4, 0.5) is 27.7 Å². The molecule has 7 rings (SSSR count). The average Bonchev–Trinajstić information content (AvgIpc) is 3.93. The van der Waals surface area contributed by atoms with E-state index in [1.807, 2.05) is 50.2 Å². The fourth-order valence-electron chi connectivity index (χ4n) is 8.21. The molecule has 2 aliphatic rings. The molecule has 0 bridgehead atoms. The van der Waals surface area contributed by atoms with Crippen LogP contribution in [0.1, 0.15) is 105 Å². The number of hydrogen-bond donors (Lipinski definition) is 6. The van der Waals surface area contributed by atoms with E-state index >= 15 is 0 Å². The first-order valence-corrected chi connectivity index (χ1v) is 22.3. The molecular weight excluding hydrogens is 834 g/mol. The first kappa shape index (κ1) is 46.2. The number of benzene rings is 1. The monoisotopic (exact) mass is 891 g/mol. The maximum Gasteiger partial charge on any atom is 0.234 e. The van der Waals surface area contributed by atoms with Crippen LogP contribution in [-0.4, -0.2) is 97.6 Å². The summed E-state index contributed by atoms with van der Waals surface area (Å²) in [6.45, 7) is 6.10. The molecule has 18 nitrogen and oxygen atoms in total. The van der Waals surface area contributed by atoms with Crippen molar-refractivity contribution in [3.8, 4) is 5.82 Å². The number of hydrogen-bond acceptors (Lipinski definition) is 13. The zero-order valence-corrected chi connectivity index (χ0v) is 37.2. The molecule has 19 heteroatoms. The number of nitrogens with zero attached hydrogens (tertiary/aromatic N) is 7. The fourth-order valence-corrected chi connectivity index (χ4v) is 8.21. The zero-order chi connectivity index (χ0) is 45.8. The minimum atomic E-state index is -0.932. The molecule has 344 valence electrons. The number of H-pyrrole nitrogens is 1. The topological polar surface area (TPSA) is 226 Å². The van der Waals surface area contributed by atoms with Crippen LogP contribution < -0.4 is 31.5 Å². The molecule has 1 unspecified atom stereocenters. The van der Waals surface area contributed by atoms with Gasteiger partial charge < -0.3 is 30.9 Å². The van der Waals surface area contributed by atoms with Gasteiger partial charge in [-0.25, -0.2) is 19.0 Å². The molecular formula is C46H58FN13O5. The minimum Gasteiger partial charge on any atom is -0.385 e. The molecule has 5 aromatic rings. The number of imide groups is 1. The number of ether oxygens (including phenoxy) is 1. The van der Waals surface area contributed by atoms with Crippen LogP contribution in [0.3, 0.4) is 0 Å². The normalized spacial score (nSPS) is 16.4. The number of amides is 4. The number of carbonyl (C=O) groups is 4. The van der Waals surface area contributed by atoms with Gasteiger partial charge in [0.1, 0.15) is 11.5 Å². The number of halogens is 1. The molecule has 4 aromatic heterocycles. The van der Waals surface area contributed by atoms with Crippen LogP contribution in [-0.2, 0) is 23.9 Å². The van der Waals surface area contributed by atoms with Gasteiger partial charge in [0.2, 0.25) is 29.6 Å². The van der Waals surface area contributed by atoms with Gasteiger partial charge in [0.05, 0.1) is 24.2 Å². The molecule has 6 N–H and O–H groups in total. The Bertz CT molecular complexity index is 2400. The smallest absolute Gasteiger partial charge is 0.234 e. The lowest BCUT2D eigenvalue weighted by Crippen LogP contribution is -2.57. The number of nitrogens with one attached hydrogen (secondary N) is 6. The lowest BCUT2D eigenvalue weighted by Gasteiger charge is -2.42. The summed E-state index contributed by atoms with van der Waals surface area (Å²) < 4.78 is 21.1. The van der Waals surface area contributed by atoms with Crippen LogP contribution in [0.2, 0.25) is 0 Å². The van der Waals surface area contributed by atoms with Crippen LogP contribution >= 0.6 is 0 Å². The Hall–Kier alpha value is -6.76. The highest BCUT2D eigenvalue weighted by Gasteiger charge is 2.39. The van der Waals surface area contributed by atoms with Gasteiger partial charge in [-0.2, -0.15) is 15.2 Å². The van der Waals surface area contributed by atoms with Crippen molar-refractivity contribution in [2.75, 3.05) is 48.8 Å². The average molecular weight is 892 g/mol. The van der Waals surface area contributed by atoms with Crippen molar-refractivity contribution in [2.45, 2.75) is 102 Å². The largest absolute Gasteiger partial charge is 0.385 e. The number of pyridine rings is 1. The van der Waals surface area contributed by atoms with Crippen molar-refractivity contribution in [2.24, 2.45) is 0 Å². The highest BCUT2D eigenvalue weighted by molar-refractivity contribution is 6.01. The van der Waals surface area contributed by atoms with Crippen LogP contribution in [0.25, 0.3) is 5.82 Å². The van der Waals surface area contributed by atoms with Gasteiger partial charge in [0, 0.05) is 94.4 Å². The molecule has 2 fully saturated rings. The van der Waals surface area contributed by atoms with Gasteiger partial charge in [-0.15, -0.1) is 0 Å². The van der Waals surface area contributed by atoms with E-state index < -0.39 is 17.5 Å². The molecule has 0 aliphatic carbocycles. The Morgan fingerprint density at radius 2 is 1.75 bits per heavy atom. The molecule has 65 heavy (non-hydrogen) atoms. The van der Waals surface area contributed by atoms with Gasteiger partial charge in [-0.05, 0) is 75.3 Å². The quantitative estimate of drug-likeness (QED) is 0.0300. The first-order valence-electron chi connectivity index (χ1n) is 22.3. The van der Waals surface area contributed by atoms with Gasteiger partial charge in [-0.1, -0.05) is 31.0 Å². The second kappa shape index (κ2) is 21.7. The number of aromatic amines is 1. The van der Waals surface area contributed by atoms with Crippen LogP contribution in [0.5, 0.6) is 0 Å². The predicted molar refractivity (Wildman–Crippen MR) is 242 cm³/mol. The molecule has 2 atom stereocenters. The highest BCUT2D eigenvalue weighted by Crippen LogP contribution is 2.30. The van der Waals surface area contributed by atoms with Crippen molar-refractivity contribution < 1.29 is 28.3 Å². The Morgan fingerprint density at radius 1 is 0.954 bits per heavy atom. The van der Waals surface area contributed by atoms with Gasteiger partial charge in [0.15, 0.2) is 17.5 Å². The lowest BCUT2D eigenvalue weighted by molar-refractivity contribution is -0.136. The van der Waals surface area contributed by atoms with Gasteiger partial charge >= 0.3 is 0 Å². The van der Waals surface area contributed by atoms with Crippen molar-refractivity contribution in [1.82, 2.24) is 50.9 Å². The standard InChI is InChI=1S/C46H58FN13O5/c1-30-25-38(53-39-26-31(2)57-58-39)54-45(52-30)59-23-19-46(65-3,20-24-59)56-44(64)36(33-13-17-40(50-27-33)60-29-34(47)28-51-60)9-8-22-49-41(61)10-6-4-5-7-21-48-35-14-11-32(12-15-35)37-16-18-42(62)55-43(37)63/h11-15,17,25-29,36-37,48H,4-10,16,18-24H2,1-3H3,(H,49,61)(H,56,64)(H,55,62,63)(H2,52,53,54,57,58)/t36-,37?/m0/s1. The molecule has 0 saturated carbocycles. The highest BCUT2D eigenvalue weighted by atomic mass is 19.1. The Balaban J connectivity index is 0.864. The van der Waals surface area contributed by atoms with E-state index in [9.17, 15) is 23.6 Å². The number of piperidine rings is 2. The molecule has 2 aliphatic heterocycles. The first-order chi connectivity index (χ1) is 31.5. The second-order valence-electron chi connectivity index (χ2n) is 16.7. The number of carbonyl (C=O) groups excluding carboxylic acids is 4. The summed E-state index contributed by atoms with van der Waals surface area (Å²) in [6, 6.07) is 15.0. The van der Waals surface area contributed by atoms with E-state index in [0.29, 0.717) is 93.5 Å². The Morgan fingerprint density at radius 3 is 2.45 bits per heavy atom. The van der Waals surface area contributed by atoms with E-state index in [1.165, 1.54) is 10.9 Å². The van der Waals surface area contributed by atoms with E-state index in [2.05, 4.69) is 56.7 Å².